The van der Waals surface area contributed by atoms with Gasteiger partial charge in [-0.1, -0.05) is 63.7 Å². The molecule has 0 N–H and O–H groups in total. The third-order valence-corrected chi connectivity index (χ3v) is 8.31. The molecule has 0 aliphatic heterocycles. The van der Waals surface area contributed by atoms with Crippen LogP contribution in [-0.4, -0.2) is 15.0 Å². The van der Waals surface area contributed by atoms with E-state index in [0.717, 1.165) is 0 Å². The minimum atomic E-state index is -3.71. The summed E-state index contributed by atoms with van der Waals surface area (Å²) in [6, 6.07) is 7.57. The number of hydrogen-bond acceptors (Lipinski definition) is 3. The van der Waals surface area contributed by atoms with Crippen molar-refractivity contribution in [1.29, 1.82) is 0 Å². The lowest BCUT2D eigenvalue weighted by Gasteiger charge is -2.47. The van der Waals surface area contributed by atoms with Crippen molar-refractivity contribution in [2.75, 3.05) is 6.61 Å². The van der Waals surface area contributed by atoms with Gasteiger partial charge in [0.15, 0.2) is 0 Å². The summed E-state index contributed by atoms with van der Waals surface area (Å²) in [7, 11) is -3.71. The second-order valence-corrected chi connectivity index (χ2v) is 10.1. The Labute approximate surface area is 165 Å². The number of hydrogen-bond donors (Lipinski definition) is 0. The molecule has 0 saturated heterocycles. The fourth-order valence-corrected chi connectivity index (χ4v) is 6.28. The van der Waals surface area contributed by atoms with E-state index in [1.807, 2.05) is 12.1 Å². The van der Waals surface area contributed by atoms with Crippen molar-refractivity contribution in [2.24, 2.45) is 11.8 Å². The Bertz CT molecular complexity index is 690. The molecule has 0 spiro atoms. The maximum absolute atomic E-state index is 12.3. The molecule has 2 fully saturated rings. The van der Waals surface area contributed by atoms with Gasteiger partial charge in [0.1, 0.15) is 0 Å². The lowest BCUT2D eigenvalue weighted by molar-refractivity contribution is 0.115. The third-order valence-electron chi connectivity index (χ3n) is 7.01. The molecule has 1 aromatic rings. The highest BCUT2D eigenvalue weighted by Gasteiger charge is 2.43. The Kier molecular flexibility index (Phi) is 6.80. The minimum absolute atomic E-state index is 0.00590. The maximum Gasteiger partial charge on any atom is 0.297 e. The van der Waals surface area contributed by atoms with Crippen molar-refractivity contribution in [3.8, 4) is 0 Å². The van der Waals surface area contributed by atoms with Crippen molar-refractivity contribution in [1.82, 2.24) is 0 Å². The summed E-state index contributed by atoms with van der Waals surface area (Å²) in [6.45, 7) is 5.98. The minimum Gasteiger partial charge on any atom is -0.262 e. The predicted octanol–water partition coefficient (Wildman–Crippen LogP) is 6.00. The van der Waals surface area contributed by atoms with Crippen LogP contribution in [0.1, 0.15) is 76.7 Å². The van der Waals surface area contributed by atoms with Crippen LogP contribution in [0.25, 0.3) is 0 Å². The zero-order chi connectivity index (χ0) is 19.3. The van der Waals surface area contributed by atoms with Crippen LogP contribution in [0.4, 0.5) is 0 Å². The third kappa shape index (κ3) is 4.48. The molecule has 3 nitrogen and oxygen atoms in total. The molecule has 0 heterocycles. The van der Waals surface area contributed by atoms with Gasteiger partial charge in [0, 0.05) is 0 Å². The summed E-state index contributed by atoms with van der Waals surface area (Å²) in [5, 5.41) is 0. The van der Waals surface area contributed by atoms with E-state index in [9.17, 15) is 8.42 Å². The van der Waals surface area contributed by atoms with Crippen LogP contribution in [-0.2, 0) is 19.7 Å². The van der Waals surface area contributed by atoms with E-state index in [-0.39, 0.29) is 16.9 Å². The Morgan fingerprint density at radius 1 is 0.963 bits per heavy atom. The first-order valence-electron chi connectivity index (χ1n) is 10.6. The molecule has 0 aromatic heterocycles. The van der Waals surface area contributed by atoms with E-state index >= 15 is 0 Å². The molecular formula is C23H34O3S. The second kappa shape index (κ2) is 8.91. The average Bonchev–Trinajstić information content (AvgIpc) is 2.73. The van der Waals surface area contributed by atoms with Crippen molar-refractivity contribution >= 4 is 10.1 Å². The summed E-state index contributed by atoms with van der Waals surface area (Å²) in [4.78, 5) is 0.239. The lowest BCUT2D eigenvalue weighted by atomic mass is 9.57. The number of benzene rings is 1. The highest BCUT2D eigenvalue weighted by atomic mass is 32.2. The van der Waals surface area contributed by atoms with Gasteiger partial charge in [-0.3, -0.25) is 4.18 Å². The van der Waals surface area contributed by atoms with Gasteiger partial charge in [-0.2, -0.15) is 8.42 Å². The topological polar surface area (TPSA) is 43.4 Å². The van der Waals surface area contributed by atoms with Gasteiger partial charge >= 0.3 is 0 Å². The van der Waals surface area contributed by atoms with E-state index in [2.05, 4.69) is 13.5 Å². The van der Waals surface area contributed by atoms with Crippen LogP contribution in [0.3, 0.4) is 0 Å². The van der Waals surface area contributed by atoms with Crippen LogP contribution in [0, 0.1) is 11.8 Å². The molecule has 0 radical (unpaired) electrons. The monoisotopic (exact) mass is 390 g/mol. The largest absolute Gasteiger partial charge is 0.297 e. The van der Waals surface area contributed by atoms with E-state index < -0.39 is 10.1 Å². The van der Waals surface area contributed by atoms with Crippen molar-refractivity contribution in [3.63, 3.8) is 0 Å². The van der Waals surface area contributed by atoms with Crippen LogP contribution in [0.15, 0.2) is 41.8 Å². The molecule has 2 aliphatic carbocycles. The Morgan fingerprint density at radius 2 is 1.44 bits per heavy atom. The molecule has 0 amide bonds. The molecule has 150 valence electrons. The maximum atomic E-state index is 12.3. The molecule has 27 heavy (non-hydrogen) atoms. The average molecular weight is 391 g/mol. The Morgan fingerprint density at radius 3 is 1.89 bits per heavy atom. The predicted molar refractivity (Wildman–Crippen MR) is 110 cm³/mol. The summed E-state index contributed by atoms with van der Waals surface area (Å²) in [5.41, 5.74) is 1.45. The first-order chi connectivity index (χ1) is 13.0. The quantitative estimate of drug-likeness (QED) is 0.424. The molecule has 0 unspecified atom stereocenters. The van der Waals surface area contributed by atoms with Gasteiger partial charge in [0.05, 0.1) is 11.5 Å². The fourth-order valence-electron chi connectivity index (χ4n) is 5.40. The lowest BCUT2D eigenvalue weighted by Crippen LogP contribution is -2.41. The van der Waals surface area contributed by atoms with Crippen LogP contribution in [0.5, 0.6) is 0 Å². The van der Waals surface area contributed by atoms with Gasteiger partial charge in [0.2, 0.25) is 0 Å². The summed E-state index contributed by atoms with van der Waals surface area (Å²) in [5.74, 6) is 1.41. The van der Waals surface area contributed by atoms with Gasteiger partial charge in [-0.25, -0.2) is 0 Å². The molecule has 4 heteroatoms. The SMILES string of the molecule is C=CCOS(=O)(=O)c1ccc(C(C)(C2CCCCC2)C2CCCCC2)cc1. The standard InChI is InChI=1S/C23H34O3S/c1-3-18-26-27(24,25)22-16-14-21(15-17-22)23(2,19-10-6-4-7-11-19)20-12-8-5-9-13-20/h3,14-17,19-20H,1,4-13,18H2,2H3. The van der Waals surface area contributed by atoms with Crippen LogP contribution >= 0.6 is 0 Å². The Balaban J connectivity index is 1.91. The summed E-state index contributed by atoms with van der Waals surface area (Å²) < 4.78 is 29.5. The molecule has 3 rings (SSSR count). The highest BCUT2D eigenvalue weighted by Crippen LogP contribution is 2.50. The Hall–Kier alpha value is -1.13. The smallest absolute Gasteiger partial charge is 0.262 e. The zero-order valence-electron chi connectivity index (χ0n) is 16.7. The molecule has 0 atom stereocenters. The van der Waals surface area contributed by atoms with Gasteiger partial charge in [-0.15, -0.1) is 6.58 Å². The van der Waals surface area contributed by atoms with E-state index in [1.54, 1.807) is 12.1 Å². The van der Waals surface area contributed by atoms with Crippen molar-refractivity contribution in [2.45, 2.75) is 81.4 Å². The van der Waals surface area contributed by atoms with E-state index in [1.165, 1.54) is 75.8 Å². The van der Waals surface area contributed by atoms with Gasteiger partial charge < -0.3 is 0 Å². The van der Waals surface area contributed by atoms with E-state index in [0.29, 0.717) is 11.8 Å². The van der Waals surface area contributed by atoms with E-state index in [4.69, 9.17) is 4.18 Å². The van der Waals surface area contributed by atoms with Gasteiger partial charge in [0.25, 0.3) is 10.1 Å². The van der Waals surface area contributed by atoms with Crippen molar-refractivity contribution in [3.05, 3.63) is 42.5 Å². The fraction of sp³-hybridized carbons (Fsp3) is 0.652. The first kappa shape index (κ1) is 20.6. The molecule has 0 bridgehead atoms. The number of rotatable bonds is 7. The first-order valence-corrected chi connectivity index (χ1v) is 12.0. The summed E-state index contributed by atoms with van der Waals surface area (Å²) >= 11 is 0. The molecule has 2 saturated carbocycles. The van der Waals surface area contributed by atoms with Gasteiger partial charge in [-0.05, 0) is 60.6 Å². The highest BCUT2D eigenvalue weighted by molar-refractivity contribution is 7.86. The summed E-state index contributed by atoms with van der Waals surface area (Å²) in [6.07, 6.45) is 14.7. The van der Waals surface area contributed by atoms with Crippen LogP contribution in [0.2, 0.25) is 0 Å². The normalized spacial score (nSPS) is 20.5. The molecular weight excluding hydrogens is 356 g/mol. The second-order valence-electron chi connectivity index (χ2n) is 8.50. The molecule has 1 aromatic carbocycles. The zero-order valence-corrected chi connectivity index (χ0v) is 17.5. The molecule has 2 aliphatic rings. The van der Waals surface area contributed by atoms with Crippen LogP contribution < -0.4 is 0 Å². The van der Waals surface area contributed by atoms with Crippen molar-refractivity contribution < 1.29 is 12.6 Å².